The van der Waals surface area contributed by atoms with Gasteiger partial charge in [-0.25, -0.2) is 0 Å². The number of rotatable bonds is 8. The minimum absolute atomic E-state index is 0.256. The first kappa shape index (κ1) is 17.0. The minimum Gasteiger partial charge on any atom is -0.467 e. The summed E-state index contributed by atoms with van der Waals surface area (Å²) in [6.07, 6.45) is 4.63. The molecule has 0 fully saturated rings. The molecule has 3 rings (SSSR count). The van der Waals surface area contributed by atoms with E-state index in [-0.39, 0.29) is 6.04 Å². The smallest absolute Gasteiger partial charge is 0.133 e. The lowest BCUT2D eigenvalue weighted by Crippen LogP contribution is -2.34. The first-order chi connectivity index (χ1) is 11.7. The summed E-state index contributed by atoms with van der Waals surface area (Å²) < 4.78 is 8.58. The van der Waals surface area contributed by atoms with Crippen LogP contribution in [-0.2, 0) is 0 Å². The van der Waals surface area contributed by atoms with Gasteiger partial charge in [0.05, 0.1) is 6.26 Å². The Balaban J connectivity index is 1.42. The van der Waals surface area contributed by atoms with Crippen LogP contribution in [0.3, 0.4) is 0 Å². The van der Waals surface area contributed by atoms with Gasteiger partial charge in [-0.3, -0.25) is 9.71 Å². The highest BCUT2D eigenvalue weighted by molar-refractivity contribution is 7.97. The van der Waals surface area contributed by atoms with Gasteiger partial charge in [0, 0.05) is 41.8 Å². The Bertz CT molecular complexity index is 764. The maximum atomic E-state index is 9.94. The van der Waals surface area contributed by atoms with Gasteiger partial charge in [-0.1, -0.05) is 6.07 Å². The summed E-state index contributed by atoms with van der Waals surface area (Å²) in [6, 6.07) is 12.1. The summed E-state index contributed by atoms with van der Waals surface area (Å²) in [5, 5.41) is 15.5. The van der Waals surface area contributed by atoms with Gasteiger partial charge < -0.3 is 14.8 Å². The van der Waals surface area contributed by atoms with Crippen molar-refractivity contribution in [3.63, 3.8) is 0 Å². The fourth-order valence-corrected chi connectivity index (χ4v) is 3.10. The zero-order valence-corrected chi connectivity index (χ0v) is 14.3. The lowest BCUT2D eigenvalue weighted by Gasteiger charge is -2.15. The molecule has 6 heteroatoms. The van der Waals surface area contributed by atoms with E-state index in [0.717, 1.165) is 16.8 Å². The van der Waals surface area contributed by atoms with Crippen molar-refractivity contribution < 1.29 is 9.52 Å². The highest BCUT2D eigenvalue weighted by Gasteiger charge is 2.10. The maximum absolute atomic E-state index is 9.94. The van der Waals surface area contributed by atoms with E-state index in [9.17, 15) is 5.11 Å². The topological polar surface area (TPSA) is 70.3 Å². The Morgan fingerprint density at radius 3 is 2.96 bits per heavy atom. The Kier molecular flexibility index (Phi) is 5.87. The molecule has 2 aromatic heterocycles. The van der Waals surface area contributed by atoms with Gasteiger partial charge in [-0.05, 0) is 54.6 Å². The number of aliphatic hydroxyl groups excluding tert-OH is 1. The normalized spacial score (nSPS) is 13.9. The van der Waals surface area contributed by atoms with E-state index in [2.05, 4.69) is 40.1 Å². The van der Waals surface area contributed by atoms with Crippen molar-refractivity contribution in [2.45, 2.75) is 24.0 Å². The molecule has 0 aliphatic rings. The van der Waals surface area contributed by atoms with E-state index in [0.29, 0.717) is 12.3 Å². The third kappa shape index (κ3) is 4.58. The summed E-state index contributed by atoms with van der Waals surface area (Å²) in [5.74, 6) is 0.586. The third-order valence-electron chi connectivity index (χ3n) is 3.65. The number of furan rings is 1. The van der Waals surface area contributed by atoms with Crippen LogP contribution >= 0.6 is 11.9 Å². The molecule has 2 heterocycles. The van der Waals surface area contributed by atoms with Crippen molar-refractivity contribution in [2.75, 3.05) is 13.1 Å². The van der Waals surface area contributed by atoms with Crippen LogP contribution in [-0.4, -0.2) is 29.2 Å². The highest BCUT2D eigenvalue weighted by Crippen LogP contribution is 2.21. The molecule has 0 bridgehead atoms. The zero-order chi connectivity index (χ0) is 16.8. The largest absolute Gasteiger partial charge is 0.467 e. The number of aliphatic hydroxyl groups is 1. The predicted molar refractivity (Wildman–Crippen MR) is 96.7 cm³/mol. The van der Waals surface area contributed by atoms with Gasteiger partial charge in [0.25, 0.3) is 0 Å². The Labute approximate surface area is 145 Å². The van der Waals surface area contributed by atoms with E-state index in [1.54, 1.807) is 36.5 Å². The van der Waals surface area contributed by atoms with Crippen LogP contribution in [0.2, 0.25) is 0 Å². The second-order valence-electron chi connectivity index (χ2n) is 5.70. The fraction of sp³-hybridized carbons (Fsp3) is 0.278. The molecule has 0 saturated heterocycles. The van der Waals surface area contributed by atoms with Gasteiger partial charge >= 0.3 is 0 Å². The number of pyridine rings is 1. The zero-order valence-electron chi connectivity index (χ0n) is 13.5. The second-order valence-corrected chi connectivity index (χ2v) is 6.61. The lowest BCUT2D eigenvalue weighted by atomic mass is 10.2. The number of fused-ring (bicyclic) bond motifs is 1. The van der Waals surface area contributed by atoms with Crippen molar-refractivity contribution >= 4 is 22.7 Å². The van der Waals surface area contributed by atoms with Crippen molar-refractivity contribution in [1.29, 1.82) is 0 Å². The molecule has 0 aliphatic heterocycles. The summed E-state index contributed by atoms with van der Waals surface area (Å²) in [4.78, 5) is 5.29. The van der Waals surface area contributed by atoms with Crippen LogP contribution in [0.5, 0.6) is 0 Å². The average Bonchev–Trinajstić information content (AvgIpc) is 3.14. The molecule has 1 unspecified atom stereocenters. The van der Waals surface area contributed by atoms with Gasteiger partial charge in [0.1, 0.15) is 11.9 Å². The molecule has 1 aromatic carbocycles. The van der Waals surface area contributed by atoms with Crippen LogP contribution in [0.25, 0.3) is 10.8 Å². The van der Waals surface area contributed by atoms with Crippen molar-refractivity contribution in [2.24, 2.45) is 0 Å². The van der Waals surface area contributed by atoms with Crippen molar-refractivity contribution in [3.05, 3.63) is 60.8 Å². The predicted octanol–water partition coefficient (Wildman–Crippen LogP) is 3.14. The molecule has 3 N–H and O–H groups in total. The molecule has 3 aromatic rings. The Morgan fingerprint density at radius 2 is 2.12 bits per heavy atom. The first-order valence-corrected chi connectivity index (χ1v) is 8.72. The molecule has 5 nitrogen and oxygen atoms in total. The number of hydrogen-bond donors (Lipinski definition) is 3. The quantitative estimate of drug-likeness (QED) is 0.546. The SMILES string of the molecule is C[C@H](CNCC(O)c1ccco1)NSc1ccc2cnccc2c1. The van der Waals surface area contributed by atoms with Crippen LogP contribution in [0.15, 0.2) is 64.4 Å². The first-order valence-electron chi connectivity index (χ1n) is 7.91. The third-order valence-corrected chi connectivity index (χ3v) is 4.66. The number of hydrogen-bond acceptors (Lipinski definition) is 6. The fourth-order valence-electron chi connectivity index (χ4n) is 2.35. The number of nitrogens with zero attached hydrogens (tertiary/aromatic N) is 1. The van der Waals surface area contributed by atoms with Crippen LogP contribution < -0.4 is 10.0 Å². The van der Waals surface area contributed by atoms with Crippen LogP contribution in [0.4, 0.5) is 0 Å². The molecule has 0 aliphatic carbocycles. The number of nitrogens with one attached hydrogen (secondary N) is 2. The molecule has 24 heavy (non-hydrogen) atoms. The minimum atomic E-state index is -0.617. The molecule has 2 atom stereocenters. The molecule has 0 amide bonds. The van der Waals surface area contributed by atoms with Gasteiger partial charge in [0.15, 0.2) is 0 Å². The summed E-state index contributed by atoms with van der Waals surface area (Å²) in [6.45, 7) is 3.32. The Hall–Kier alpha value is -1.86. The summed E-state index contributed by atoms with van der Waals surface area (Å²) in [7, 11) is 0. The van der Waals surface area contributed by atoms with E-state index < -0.39 is 6.10 Å². The molecule has 0 radical (unpaired) electrons. The summed E-state index contributed by atoms with van der Waals surface area (Å²) >= 11 is 1.61. The van der Waals surface area contributed by atoms with Gasteiger partial charge in [-0.2, -0.15) is 0 Å². The molecule has 126 valence electrons. The molecular formula is C18H21N3O2S. The van der Waals surface area contributed by atoms with Crippen molar-refractivity contribution in [1.82, 2.24) is 15.0 Å². The Morgan fingerprint density at radius 1 is 1.21 bits per heavy atom. The van der Waals surface area contributed by atoms with E-state index in [1.165, 1.54) is 5.39 Å². The van der Waals surface area contributed by atoms with E-state index in [1.807, 2.05) is 12.3 Å². The van der Waals surface area contributed by atoms with E-state index >= 15 is 0 Å². The summed E-state index contributed by atoms with van der Waals surface area (Å²) in [5.41, 5.74) is 0. The van der Waals surface area contributed by atoms with Crippen LogP contribution in [0.1, 0.15) is 18.8 Å². The number of aromatic nitrogens is 1. The average molecular weight is 343 g/mol. The highest BCUT2D eigenvalue weighted by atomic mass is 32.2. The van der Waals surface area contributed by atoms with Crippen LogP contribution in [0, 0.1) is 0 Å². The van der Waals surface area contributed by atoms with Crippen molar-refractivity contribution in [3.8, 4) is 0 Å². The standard InChI is InChI=1S/C18H21N3O2S/c1-13(10-20-12-17(22)18-3-2-8-23-18)21-24-16-5-4-15-11-19-7-6-14(15)9-16/h2-9,11,13,17,20-22H,10,12H2,1H3/t13-,17?/m1/s1. The van der Waals surface area contributed by atoms with Gasteiger partial charge in [-0.15, -0.1) is 0 Å². The lowest BCUT2D eigenvalue weighted by molar-refractivity contribution is 0.147. The van der Waals surface area contributed by atoms with Gasteiger partial charge in [0.2, 0.25) is 0 Å². The molecule has 0 spiro atoms. The molecular weight excluding hydrogens is 322 g/mol. The maximum Gasteiger partial charge on any atom is 0.133 e. The monoisotopic (exact) mass is 343 g/mol. The second kappa shape index (κ2) is 8.30. The number of benzene rings is 1. The molecule has 0 saturated carbocycles. The van der Waals surface area contributed by atoms with E-state index in [4.69, 9.17) is 4.42 Å².